The van der Waals surface area contributed by atoms with Gasteiger partial charge in [-0.2, -0.15) is 5.21 Å². The van der Waals surface area contributed by atoms with Crippen molar-refractivity contribution in [1.82, 2.24) is 20.6 Å². The predicted octanol–water partition coefficient (Wildman–Crippen LogP) is 4.10. The van der Waals surface area contributed by atoms with Crippen LogP contribution in [0.5, 0.6) is 11.5 Å². The van der Waals surface area contributed by atoms with Crippen LogP contribution >= 0.6 is 23.2 Å². The number of aromatic nitrogens is 4. The molecule has 1 heterocycles. The highest BCUT2D eigenvalue weighted by Gasteiger charge is 2.13. The number of halogens is 2. The van der Waals surface area contributed by atoms with Crippen LogP contribution in [0.4, 0.5) is 5.95 Å². The summed E-state index contributed by atoms with van der Waals surface area (Å²) in [6.07, 6.45) is 0. The molecule has 0 unspecified atom stereocenters. The molecule has 136 valence electrons. The highest BCUT2D eigenvalue weighted by Crippen LogP contribution is 2.37. The molecular formula is C17H17Cl2N5O2. The van der Waals surface area contributed by atoms with Crippen molar-refractivity contribution in [2.45, 2.75) is 20.1 Å². The average Bonchev–Trinajstić information content (AvgIpc) is 3.14. The molecule has 2 N–H and O–H groups in total. The summed E-state index contributed by atoms with van der Waals surface area (Å²) in [6, 6.07) is 11.1. The lowest BCUT2D eigenvalue weighted by Gasteiger charge is -2.15. The fraction of sp³-hybridized carbons (Fsp3) is 0.235. The Kier molecular flexibility index (Phi) is 6.14. The second-order valence-electron chi connectivity index (χ2n) is 5.34. The number of nitrogens with zero attached hydrogens (tertiary/aromatic N) is 3. The van der Waals surface area contributed by atoms with E-state index in [-0.39, 0.29) is 0 Å². The monoisotopic (exact) mass is 393 g/mol. The normalized spacial score (nSPS) is 10.6. The third-order valence-electron chi connectivity index (χ3n) is 3.46. The van der Waals surface area contributed by atoms with E-state index in [0.717, 1.165) is 11.1 Å². The van der Waals surface area contributed by atoms with E-state index in [1.807, 2.05) is 43.3 Å². The molecule has 0 radical (unpaired) electrons. The second-order valence-corrected chi connectivity index (χ2v) is 6.19. The van der Waals surface area contributed by atoms with E-state index in [4.69, 9.17) is 32.7 Å². The number of anilines is 1. The zero-order chi connectivity index (χ0) is 18.4. The highest BCUT2D eigenvalue weighted by atomic mass is 35.5. The molecule has 0 bridgehead atoms. The summed E-state index contributed by atoms with van der Waals surface area (Å²) >= 11 is 12.3. The van der Waals surface area contributed by atoms with Gasteiger partial charge in [-0.25, -0.2) is 0 Å². The lowest BCUT2D eigenvalue weighted by molar-refractivity contribution is 0.269. The van der Waals surface area contributed by atoms with Crippen LogP contribution in [-0.4, -0.2) is 27.2 Å². The molecule has 2 aromatic carbocycles. The Bertz CT molecular complexity index is 841. The standard InChI is InChI=1S/C17H17Cl2N5O2/c1-2-25-15-8-12(9-20-17-21-23-24-22-17)7-14(19)16(15)26-10-11-3-5-13(18)6-4-11/h3-8H,2,9-10H2,1H3,(H2,20,21,22,23,24). The van der Waals surface area contributed by atoms with Crippen molar-refractivity contribution in [2.75, 3.05) is 11.9 Å². The van der Waals surface area contributed by atoms with E-state index in [9.17, 15) is 0 Å². The number of H-pyrrole nitrogens is 1. The summed E-state index contributed by atoms with van der Waals surface area (Å²) in [7, 11) is 0. The molecule has 0 atom stereocenters. The van der Waals surface area contributed by atoms with Gasteiger partial charge in [0.15, 0.2) is 11.5 Å². The molecule has 0 saturated heterocycles. The summed E-state index contributed by atoms with van der Waals surface area (Å²) in [5.74, 6) is 1.49. The molecule has 1 aromatic heterocycles. The van der Waals surface area contributed by atoms with E-state index < -0.39 is 0 Å². The van der Waals surface area contributed by atoms with Crippen molar-refractivity contribution < 1.29 is 9.47 Å². The highest BCUT2D eigenvalue weighted by molar-refractivity contribution is 6.32. The number of hydrogen-bond acceptors (Lipinski definition) is 6. The average molecular weight is 394 g/mol. The SMILES string of the molecule is CCOc1cc(CNc2nn[nH]n2)cc(Cl)c1OCc1ccc(Cl)cc1. The molecule has 0 amide bonds. The van der Waals surface area contributed by atoms with Crippen molar-refractivity contribution >= 4 is 29.2 Å². The maximum Gasteiger partial charge on any atom is 0.263 e. The van der Waals surface area contributed by atoms with Gasteiger partial charge in [0.05, 0.1) is 11.6 Å². The molecule has 0 aliphatic carbocycles. The number of hydrogen-bond donors (Lipinski definition) is 2. The lowest BCUT2D eigenvalue weighted by atomic mass is 10.2. The molecule has 3 rings (SSSR count). The topological polar surface area (TPSA) is 85.0 Å². The number of aromatic amines is 1. The summed E-state index contributed by atoms with van der Waals surface area (Å²) in [6.45, 7) is 3.23. The Balaban J connectivity index is 1.74. The molecule has 3 aromatic rings. The van der Waals surface area contributed by atoms with Gasteiger partial charge in [0.1, 0.15) is 6.61 Å². The number of tetrazole rings is 1. The number of ether oxygens (including phenoxy) is 2. The zero-order valence-corrected chi connectivity index (χ0v) is 15.5. The Morgan fingerprint density at radius 3 is 2.58 bits per heavy atom. The minimum absolute atomic E-state index is 0.359. The number of rotatable bonds is 8. The Morgan fingerprint density at radius 1 is 1.08 bits per heavy atom. The fourth-order valence-corrected chi connectivity index (χ4v) is 2.69. The molecule has 0 aliphatic rings. The summed E-state index contributed by atoms with van der Waals surface area (Å²) in [5.41, 5.74) is 1.89. The van der Waals surface area contributed by atoms with Crippen LogP contribution < -0.4 is 14.8 Å². The van der Waals surface area contributed by atoms with Gasteiger partial charge in [0.2, 0.25) is 0 Å². The Hall–Kier alpha value is -2.51. The molecule has 26 heavy (non-hydrogen) atoms. The fourth-order valence-electron chi connectivity index (χ4n) is 2.28. The molecule has 0 aliphatic heterocycles. The van der Waals surface area contributed by atoms with Gasteiger partial charge in [-0.1, -0.05) is 40.4 Å². The van der Waals surface area contributed by atoms with Crippen molar-refractivity contribution in [3.05, 3.63) is 57.6 Å². The van der Waals surface area contributed by atoms with E-state index in [1.165, 1.54) is 0 Å². The van der Waals surface area contributed by atoms with Crippen molar-refractivity contribution in [3.63, 3.8) is 0 Å². The van der Waals surface area contributed by atoms with Crippen molar-refractivity contribution in [2.24, 2.45) is 0 Å². The maximum absolute atomic E-state index is 6.42. The van der Waals surface area contributed by atoms with Crippen LogP contribution in [0.15, 0.2) is 36.4 Å². The zero-order valence-electron chi connectivity index (χ0n) is 14.0. The van der Waals surface area contributed by atoms with Crippen LogP contribution in [0, 0.1) is 0 Å². The predicted molar refractivity (Wildman–Crippen MR) is 99.9 cm³/mol. The van der Waals surface area contributed by atoms with Crippen LogP contribution in [-0.2, 0) is 13.2 Å². The van der Waals surface area contributed by atoms with Crippen molar-refractivity contribution in [1.29, 1.82) is 0 Å². The van der Waals surface area contributed by atoms with E-state index in [1.54, 1.807) is 0 Å². The smallest absolute Gasteiger partial charge is 0.263 e. The van der Waals surface area contributed by atoms with Gasteiger partial charge in [-0.3, -0.25) is 0 Å². The molecule has 7 nitrogen and oxygen atoms in total. The first-order valence-electron chi connectivity index (χ1n) is 7.95. The van der Waals surface area contributed by atoms with Crippen molar-refractivity contribution in [3.8, 4) is 11.5 Å². The summed E-state index contributed by atoms with van der Waals surface area (Å²) < 4.78 is 11.6. The molecule has 0 spiro atoms. The largest absolute Gasteiger partial charge is 0.490 e. The third kappa shape index (κ3) is 4.77. The number of nitrogens with one attached hydrogen (secondary N) is 2. The van der Waals surface area contributed by atoms with Crippen LogP contribution in [0.25, 0.3) is 0 Å². The van der Waals surface area contributed by atoms with Gasteiger partial charge >= 0.3 is 0 Å². The van der Waals surface area contributed by atoms with Crippen LogP contribution in [0.1, 0.15) is 18.1 Å². The van der Waals surface area contributed by atoms with Crippen LogP contribution in [0.3, 0.4) is 0 Å². The van der Waals surface area contributed by atoms with E-state index >= 15 is 0 Å². The quantitative estimate of drug-likeness (QED) is 0.599. The Morgan fingerprint density at radius 2 is 1.88 bits per heavy atom. The Labute approximate surface area is 160 Å². The first-order chi connectivity index (χ1) is 12.7. The van der Waals surface area contributed by atoms with E-state index in [0.29, 0.717) is 47.3 Å². The lowest BCUT2D eigenvalue weighted by Crippen LogP contribution is -2.04. The summed E-state index contributed by atoms with van der Waals surface area (Å²) in [4.78, 5) is 0. The molecule has 0 fully saturated rings. The van der Waals surface area contributed by atoms with Gasteiger partial charge in [-0.05, 0) is 47.5 Å². The minimum atomic E-state index is 0.359. The minimum Gasteiger partial charge on any atom is -0.490 e. The molecule has 9 heteroatoms. The molecule has 0 saturated carbocycles. The maximum atomic E-state index is 6.42. The first-order valence-corrected chi connectivity index (χ1v) is 8.71. The van der Waals surface area contributed by atoms with Gasteiger partial charge in [0, 0.05) is 11.6 Å². The van der Waals surface area contributed by atoms with E-state index in [2.05, 4.69) is 25.9 Å². The van der Waals surface area contributed by atoms with Crippen LogP contribution in [0.2, 0.25) is 10.0 Å². The number of benzene rings is 2. The third-order valence-corrected chi connectivity index (χ3v) is 3.99. The first kappa shape index (κ1) is 18.3. The second kappa shape index (κ2) is 8.73. The van der Waals surface area contributed by atoms with Gasteiger partial charge < -0.3 is 14.8 Å². The summed E-state index contributed by atoms with van der Waals surface area (Å²) in [5, 5.41) is 17.7. The van der Waals surface area contributed by atoms with Gasteiger partial charge in [-0.15, -0.1) is 5.10 Å². The van der Waals surface area contributed by atoms with Gasteiger partial charge in [0.25, 0.3) is 5.95 Å². The molecular weight excluding hydrogens is 377 g/mol.